The third-order valence-corrected chi connectivity index (χ3v) is 4.51. The summed E-state index contributed by atoms with van der Waals surface area (Å²) < 4.78 is 37.7. The minimum absolute atomic E-state index is 0.317. The number of nitrogens with zero attached hydrogens (tertiary/aromatic N) is 1. The number of carbonyl (C=O) groups is 1. The SMILES string of the molecule is O=C(CC(F)(F)F)N1CCSC1c1ccc(Br)cc1. The average Bonchev–Trinajstić information content (AvgIpc) is 2.76. The van der Waals surface area contributed by atoms with Crippen molar-refractivity contribution in [2.24, 2.45) is 0 Å². The van der Waals surface area contributed by atoms with Gasteiger partial charge in [0.15, 0.2) is 0 Å². The number of hydrogen-bond acceptors (Lipinski definition) is 2. The number of amides is 1. The smallest absolute Gasteiger partial charge is 0.325 e. The summed E-state index contributed by atoms with van der Waals surface area (Å²) >= 11 is 4.79. The number of rotatable bonds is 2. The maximum absolute atomic E-state index is 12.3. The molecule has 0 bridgehead atoms. The molecule has 1 saturated heterocycles. The molecule has 1 aliphatic heterocycles. The Kier molecular flexibility index (Phi) is 4.45. The van der Waals surface area contributed by atoms with Crippen molar-refractivity contribution in [2.75, 3.05) is 12.3 Å². The fourth-order valence-electron chi connectivity index (χ4n) is 1.90. The van der Waals surface area contributed by atoms with Crippen molar-refractivity contribution in [1.82, 2.24) is 4.90 Å². The lowest BCUT2D eigenvalue weighted by molar-refractivity contribution is -0.161. The van der Waals surface area contributed by atoms with Crippen LogP contribution in [0.25, 0.3) is 0 Å². The zero-order valence-corrected chi connectivity index (χ0v) is 12.2. The van der Waals surface area contributed by atoms with Crippen LogP contribution in [0.4, 0.5) is 13.2 Å². The van der Waals surface area contributed by atoms with Crippen LogP contribution in [-0.4, -0.2) is 29.3 Å². The Morgan fingerprint density at radius 3 is 2.58 bits per heavy atom. The molecule has 2 nitrogen and oxygen atoms in total. The van der Waals surface area contributed by atoms with Crippen molar-refractivity contribution in [3.63, 3.8) is 0 Å². The van der Waals surface area contributed by atoms with Gasteiger partial charge in [0.1, 0.15) is 11.8 Å². The largest absolute Gasteiger partial charge is 0.397 e. The van der Waals surface area contributed by atoms with E-state index in [2.05, 4.69) is 15.9 Å². The fourth-order valence-corrected chi connectivity index (χ4v) is 3.44. The predicted octanol–water partition coefficient (Wildman–Crippen LogP) is 3.98. The van der Waals surface area contributed by atoms with Gasteiger partial charge in [0.05, 0.1) is 0 Å². The first-order valence-corrected chi connectivity index (χ1v) is 7.44. The molecule has 1 unspecified atom stereocenters. The van der Waals surface area contributed by atoms with E-state index in [0.29, 0.717) is 12.3 Å². The number of halogens is 4. The molecule has 1 aromatic rings. The molecule has 1 atom stereocenters. The quantitative estimate of drug-likeness (QED) is 0.801. The van der Waals surface area contributed by atoms with E-state index in [4.69, 9.17) is 0 Å². The molecule has 7 heteroatoms. The Morgan fingerprint density at radius 1 is 1.37 bits per heavy atom. The maximum atomic E-state index is 12.3. The van der Waals surface area contributed by atoms with Crippen LogP contribution in [0.3, 0.4) is 0 Å². The lowest BCUT2D eigenvalue weighted by atomic mass is 10.2. The van der Waals surface area contributed by atoms with Crippen LogP contribution in [0.5, 0.6) is 0 Å². The van der Waals surface area contributed by atoms with Gasteiger partial charge >= 0.3 is 6.18 Å². The van der Waals surface area contributed by atoms with Gasteiger partial charge in [-0.25, -0.2) is 0 Å². The Hall–Kier alpha value is -0.690. The molecule has 0 aliphatic carbocycles. The van der Waals surface area contributed by atoms with E-state index in [9.17, 15) is 18.0 Å². The van der Waals surface area contributed by atoms with E-state index in [0.717, 1.165) is 10.0 Å². The van der Waals surface area contributed by atoms with Gasteiger partial charge < -0.3 is 4.90 Å². The van der Waals surface area contributed by atoms with E-state index in [1.165, 1.54) is 16.7 Å². The second-order valence-corrected chi connectivity index (χ2v) is 6.26. The lowest BCUT2D eigenvalue weighted by Gasteiger charge is -2.24. The molecule has 0 spiro atoms. The number of alkyl halides is 3. The molecule has 1 aromatic carbocycles. The van der Waals surface area contributed by atoms with Crippen LogP contribution in [0.2, 0.25) is 0 Å². The summed E-state index contributed by atoms with van der Waals surface area (Å²) in [5, 5.41) is -0.317. The molecule has 104 valence electrons. The third kappa shape index (κ3) is 3.89. The minimum Gasteiger partial charge on any atom is -0.325 e. The summed E-state index contributed by atoms with van der Waals surface area (Å²) in [5.41, 5.74) is 0.848. The molecule has 1 fully saturated rings. The maximum Gasteiger partial charge on any atom is 0.397 e. The van der Waals surface area contributed by atoms with E-state index < -0.39 is 18.5 Å². The Labute approximate surface area is 121 Å². The first kappa shape index (κ1) is 14.7. The minimum atomic E-state index is -4.45. The summed E-state index contributed by atoms with van der Waals surface area (Å²) in [7, 11) is 0. The Bertz CT molecular complexity index is 463. The van der Waals surface area contributed by atoms with Crippen molar-refractivity contribution >= 4 is 33.6 Å². The normalized spacial score (nSPS) is 19.8. The van der Waals surface area contributed by atoms with Crippen molar-refractivity contribution in [1.29, 1.82) is 0 Å². The number of thioether (sulfide) groups is 1. The van der Waals surface area contributed by atoms with Gasteiger partial charge in [0, 0.05) is 16.8 Å². The van der Waals surface area contributed by atoms with Crippen LogP contribution in [-0.2, 0) is 4.79 Å². The summed E-state index contributed by atoms with van der Waals surface area (Å²) in [6.45, 7) is 0.361. The van der Waals surface area contributed by atoms with Gasteiger partial charge in [-0.2, -0.15) is 13.2 Å². The first-order chi connectivity index (χ1) is 8.87. The van der Waals surface area contributed by atoms with E-state index in [1.807, 2.05) is 24.3 Å². The highest BCUT2D eigenvalue weighted by molar-refractivity contribution is 9.10. The molecule has 1 amide bonds. The van der Waals surface area contributed by atoms with E-state index in [1.54, 1.807) is 0 Å². The Morgan fingerprint density at radius 2 is 2.00 bits per heavy atom. The van der Waals surface area contributed by atoms with Crippen molar-refractivity contribution in [2.45, 2.75) is 18.0 Å². The highest BCUT2D eigenvalue weighted by Gasteiger charge is 2.38. The molecular weight excluding hydrogens is 343 g/mol. The van der Waals surface area contributed by atoms with E-state index in [-0.39, 0.29) is 5.37 Å². The molecule has 2 rings (SSSR count). The van der Waals surface area contributed by atoms with Crippen molar-refractivity contribution in [3.05, 3.63) is 34.3 Å². The summed E-state index contributed by atoms with van der Waals surface area (Å²) in [4.78, 5) is 13.0. The zero-order valence-electron chi connectivity index (χ0n) is 9.78. The summed E-state index contributed by atoms with van der Waals surface area (Å²) in [6, 6.07) is 7.28. The van der Waals surface area contributed by atoms with Gasteiger partial charge in [-0.05, 0) is 17.7 Å². The molecule has 1 aliphatic rings. The second kappa shape index (κ2) is 5.75. The molecule has 0 aromatic heterocycles. The standard InChI is InChI=1S/C12H11BrF3NOS/c13-9-3-1-8(2-4-9)11-17(5-6-19-11)10(18)7-12(14,15)16/h1-4,11H,5-7H2. The molecule has 1 heterocycles. The van der Waals surface area contributed by atoms with Gasteiger partial charge in [0.2, 0.25) is 5.91 Å². The fraction of sp³-hybridized carbons (Fsp3) is 0.417. The molecular formula is C12H11BrF3NOS. The summed E-state index contributed by atoms with van der Waals surface area (Å²) in [6.07, 6.45) is -5.84. The predicted molar refractivity (Wildman–Crippen MR) is 71.7 cm³/mol. The third-order valence-electron chi connectivity index (χ3n) is 2.72. The molecule has 0 saturated carbocycles. The van der Waals surface area contributed by atoms with E-state index >= 15 is 0 Å². The monoisotopic (exact) mass is 353 g/mol. The zero-order chi connectivity index (χ0) is 14.0. The number of hydrogen-bond donors (Lipinski definition) is 0. The van der Waals surface area contributed by atoms with Crippen LogP contribution >= 0.6 is 27.7 Å². The summed E-state index contributed by atoms with van der Waals surface area (Å²) in [5.74, 6) is -0.199. The second-order valence-electron chi connectivity index (χ2n) is 4.15. The van der Waals surface area contributed by atoms with Crippen LogP contribution in [0.15, 0.2) is 28.7 Å². The van der Waals surface area contributed by atoms with Crippen molar-refractivity contribution in [3.8, 4) is 0 Å². The highest BCUT2D eigenvalue weighted by Crippen LogP contribution is 2.39. The van der Waals surface area contributed by atoms with Gasteiger partial charge in [0.25, 0.3) is 0 Å². The van der Waals surface area contributed by atoms with Crippen molar-refractivity contribution < 1.29 is 18.0 Å². The topological polar surface area (TPSA) is 20.3 Å². The number of carbonyl (C=O) groups excluding carboxylic acids is 1. The number of benzene rings is 1. The van der Waals surface area contributed by atoms with Gasteiger partial charge in [-0.1, -0.05) is 28.1 Å². The van der Waals surface area contributed by atoms with Crippen LogP contribution in [0, 0.1) is 0 Å². The molecule has 0 radical (unpaired) electrons. The molecule has 19 heavy (non-hydrogen) atoms. The average molecular weight is 354 g/mol. The van der Waals surface area contributed by atoms with Crippen LogP contribution in [0.1, 0.15) is 17.4 Å². The molecule has 0 N–H and O–H groups in total. The van der Waals surface area contributed by atoms with Gasteiger partial charge in [-0.3, -0.25) is 4.79 Å². The first-order valence-electron chi connectivity index (χ1n) is 5.60. The van der Waals surface area contributed by atoms with Gasteiger partial charge in [-0.15, -0.1) is 11.8 Å². The highest BCUT2D eigenvalue weighted by atomic mass is 79.9. The van der Waals surface area contributed by atoms with Crippen LogP contribution < -0.4 is 0 Å². The lowest BCUT2D eigenvalue weighted by Crippen LogP contribution is -2.33. The Balaban J connectivity index is 2.12.